The molecule has 1 aromatic carbocycles. The molecule has 1 aromatic rings. The Balaban J connectivity index is 2.70. The van der Waals surface area contributed by atoms with Crippen molar-refractivity contribution >= 4 is 5.76 Å². The van der Waals surface area contributed by atoms with Crippen LogP contribution in [0, 0.1) is 11.3 Å². The summed E-state index contributed by atoms with van der Waals surface area (Å²) in [7, 11) is 0. The highest BCUT2D eigenvalue weighted by atomic mass is 16.5. The number of ether oxygens (including phenoxy) is 1. The molecule has 0 aliphatic heterocycles. The van der Waals surface area contributed by atoms with Gasteiger partial charge < -0.3 is 4.74 Å². The van der Waals surface area contributed by atoms with E-state index in [-0.39, 0.29) is 0 Å². The van der Waals surface area contributed by atoms with Gasteiger partial charge in [0.2, 0.25) is 0 Å². The van der Waals surface area contributed by atoms with Crippen LogP contribution in [0.5, 0.6) is 0 Å². The number of benzene rings is 1. The molecule has 0 amide bonds. The third kappa shape index (κ3) is 3.14. The van der Waals surface area contributed by atoms with Gasteiger partial charge in [0.05, 0.1) is 18.2 Å². The molecule has 2 heteroatoms. The van der Waals surface area contributed by atoms with Crippen molar-refractivity contribution in [1.29, 1.82) is 5.26 Å². The van der Waals surface area contributed by atoms with Gasteiger partial charge >= 0.3 is 0 Å². The third-order valence-electron chi connectivity index (χ3n) is 2.12. The standard InChI is InChI=1S/C13H15NO/c1-3-4-9-15-11(2)13-8-6-5-7-12(13)10-14/h5-8H,2-4,9H2,1H3. The molecule has 2 nitrogen and oxygen atoms in total. The van der Waals surface area contributed by atoms with Gasteiger partial charge in [0.15, 0.2) is 0 Å². The molecule has 0 fully saturated rings. The van der Waals surface area contributed by atoms with Crippen molar-refractivity contribution < 1.29 is 4.74 Å². The third-order valence-corrected chi connectivity index (χ3v) is 2.12. The minimum absolute atomic E-state index is 0.584. The molecule has 0 aromatic heterocycles. The zero-order chi connectivity index (χ0) is 11.1. The quantitative estimate of drug-likeness (QED) is 0.540. The van der Waals surface area contributed by atoms with Gasteiger partial charge in [-0.25, -0.2) is 0 Å². The van der Waals surface area contributed by atoms with E-state index in [0.717, 1.165) is 18.4 Å². The summed E-state index contributed by atoms with van der Waals surface area (Å²) in [6.45, 7) is 6.60. The van der Waals surface area contributed by atoms with Crippen molar-refractivity contribution in [2.45, 2.75) is 19.8 Å². The van der Waals surface area contributed by atoms with Crippen LogP contribution in [0.25, 0.3) is 5.76 Å². The fourth-order valence-corrected chi connectivity index (χ4v) is 1.24. The number of unbranched alkanes of at least 4 members (excludes halogenated alkanes) is 1. The number of rotatable bonds is 5. The highest BCUT2D eigenvalue weighted by molar-refractivity contribution is 5.64. The van der Waals surface area contributed by atoms with E-state index in [1.165, 1.54) is 0 Å². The Kier molecular flexibility index (Phi) is 4.43. The predicted octanol–water partition coefficient (Wildman–Crippen LogP) is 3.35. The Hall–Kier alpha value is -1.75. The van der Waals surface area contributed by atoms with Crippen molar-refractivity contribution in [3.05, 3.63) is 42.0 Å². The molecule has 0 aliphatic carbocycles. The summed E-state index contributed by atoms with van der Waals surface area (Å²) >= 11 is 0. The maximum atomic E-state index is 8.89. The molecule has 1 rings (SSSR count). The maximum absolute atomic E-state index is 8.89. The molecule has 15 heavy (non-hydrogen) atoms. The highest BCUT2D eigenvalue weighted by Gasteiger charge is 2.05. The van der Waals surface area contributed by atoms with E-state index < -0.39 is 0 Å². The molecular weight excluding hydrogens is 186 g/mol. The smallest absolute Gasteiger partial charge is 0.120 e. The van der Waals surface area contributed by atoms with Gasteiger partial charge in [0.1, 0.15) is 5.76 Å². The van der Waals surface area contributed by atoms with Crippen LogP contribution in [0.4, 0.5) is 0 Å². The first kappa shape index (κ1) is 11.3. The van der Waals surface area contributed by atoms with E-state index in [1.54, 1.807) is 6.07 Å². The average Bonchev–Trinajstić information content (AvgIpc) is 2.29. The first-order valence-corrected chi connectivity index (χ1v) is 5.10. The molecule has 0 unspecified atom stereocenters. The van der Waals surface area contributed by atoms with Crippen molar-refractivity contribution in [2.24, 2.45) is 0 Å². The number of nitrogens with zero attached hydrogens (tertiary/aromatic N) is 1. The van der Waals surface area contributed by atoms with Gasteiger partial charge in [-0.05, 0) is 18.6 Å². The summed E-state index contributed by atoms with van der Waals surface area (Å²) in [5, 5.41) is 8.89. The molecule has 0 aliphatic rings. The molecule has 0 saturated carbocycles. The molecule has 0 radical (unpaired) electrons. The summed E-state index contributed by atoms with van der Waals surface area (Å²) in [5.41, 5.74) is 1.40. The maximum Gasteiger partial charge on any atom is 0.120 e. The lowest BCUT2D eigenvalue weighted by Gasteiger charge is -2.09. The van der Waals surface area contributed by atoms with Crippen LogP contribution in [0.15, 0.2) is 30.8 Å². The Labute approximate surface area is 90.8 Å². The Bertz CT molecular complexity index is 376. The van der Waals surface area contributed by atoms with E-state index in [9.17, 15) is 0 Å². The molecule has 0 bridgehead atoms. The van der Waals surface area contributed by atoms with E-state index >= 15 is 0 Å². The Morgan fingerprint density at radius 1 is 1.47 bits per heavy atom. The Morgan fingerprint density at radius 3 is 2.87 bits per heavy atom. The van der Waals surface area contributed by atoms with Gasteiger partial charge in [0, 0.05) is 5.56 Å². The largest absolute Gasteiger partial charge is 0.494 e. The fourth-order valence-electron chi connectivity index (χ4n) is 1.24. The number of nitriles is 1. The van der Waals surface area contributed by atoms with E-state index in [2.05, 4.69) is 19.6 Å². The lowest BCUT2D eigenvalue weighted by atomic mass is 10.1. The molecule has 0 heterocycles. The highest BCUT2D eigenvalue weighted by Crippen LogP contribution is 2.18. The van der Waals surface area contributed by atoms with Crippen molar-refractivity contribution in [2.75, 3.05) is 6.61 Å². The molecule has 0 N–H and O–H groups in total. The molecule has 0 atom stereocenters. The molecule has 0 spiro atoms. The van der Waals surface area contributed by atoms with Gasteiger partial charge in [-0.15, -0.1) is 0 Å². The number of hydrogen-bond acceptors (Lipinski definition) is 2. The van der Waals surface area contributed by atoms with Crippen LogP contribution >= 0.6 is 0 Å². The minimum Gasteiger partial charge on any atom is -0.494 e. The fraction of sp³-hybridized carbons (Fsp3) is 0.308. The lowest BCUT2D eigenvalue weighted by Crippen LogP contribution is -1.95. The van der Waals surface area contributed by atoms with Crippen LogP contribution in [0.3, 0.4) is 0 Å². The topological polar surface area (TPSA) is 33.0 Å². The second-order valence-corrected chi connectivity index (χ2v) is 3.28. The van der Waals surface area contributed by atoms with Crippen molar-refractivity contribution in [3.8, 4) is 6.07 Å². The van der Waals surface area contributed by atoms with Crippen LogP contribution < -0.4 is 0 Å². The van der Waals surface area contributed by atoms with Gasteiger partial charge in [-0.2, -0.15) is 5.26 Å². The second kappa shape index (κ2) is 5.87. The SMILES string of the molecule is C=C(OCCCC)c1ccccc1C#N. The monoisotopic (exact) mass is 201 g/mol. The first-order chi connectivity index (χ1) is 7.29. The molecular formula is C13H15NO. The summed E-state index contributed by atoms with van der Waals surface area (Å²) < 4.78 is 5.47. The van der Waals surface area contributed by atoms with Crippen LogP contribution in [0.1, 0.15) is 30.9 Å². The van der Waals surface area contributed by atoms with E-state index in [0.29, 0.717) is 17.9 Å². The molecule has 0 saturated heterocycles. The van der Waals surface area contributed by atoms with Gasteiger partial charge in [-0.3, -0.25) is 0 Å². The van der Waals surface area contributed by atoms with Crippen LogP contribution in [-0.2, 0) is 4.74 Å². The normalized spacial score (nSPS) is 9.33. The average molecular weight is 201 g/mol. The van der Waals surface area contributed by atoms with Crippen LogP contribution in [-0.4, -0.2) is 6.61 Å². The second-order valence-electron chi connectivity index (χ2n) is 3.28. The summed E-state index contributed by atoms with van der Waals surface area (Å²) in [6.07, 6.45) is 2.10. The predicted molar refractivity (Wildman–Crippen MR) is 61.1 cm³/mol. The van der Waals surface area contributed by atoms with Gasteiger partial charge in [0.25, 0.3) is 0 Å². The van der Waals surface area contributed by atoms with Crippen molar-refractivity contribution in [1.82, 2.24) is 0 Å². The number of hydrogen-bond donors (Lipinski definition) is 0. The van der Waals surface area contributed by atoms with Crippen molar-refractivity contribution in [3.63, 3.8) is 0 Å². The first-order valence-electron chi connectivity index (χ1n) is 5.10. The van der Waals surface area contributed by atoms with E-state index in [4.69, 9.17) is 10.00 Å². The lowest BCUT2D eigenvalue weighted by molar-refractivity contribution is 0.271. The van der Waals surface area contributed by atoms with Gasteiger partial charge in [-0.1, -0.05) is 32.1 Å². The summed E-state index contributed by atoms with van der Waals surface area (Å²) in [5.74, 6) is 0.584. The zero-order valence-corrected chi connectivity index (χ0v) is 8.99. The van der Waals surface area contributed by atoms with E-state index in [1.807, 2.05) is 18.2 Å². The Morgan fingerprint density at radius 2 is 2.20 bits per heavy atom. The zero-order valence-electron chi connectivity index (χ0n) is 8.99. The summed E-state index contributed by atoms with van der Waals surface area (Å²) in [4.78, 5) is 0. The minimum atomic E-state index is 0.584. The molecule has 78 valence electrons. The van der Waals surface area contributed by atoms with Crippen LogP contribution in [0.2, 0.25) is 0 Å². The summed E-state index contributed by atoms with van der Waals surface area (Å²) in [6, 6.07) is 9.46.